The fourth-order valence-corrected chi connectivity index (χ4v) is 4.58. The van der Waals surface area contributed by atoms with E-state index in [0.717, 1.165) is 17.8 Å². The molecule has 2 aromatic rings. The summed E-state index contributed by atoms with van der Waals surface area (Å²) in [4.78, 5) is 30.4. The summed E-state index contributed by atoms with van der Waals surface area (Å²) in [7, 11) is 5.15. The van der Waals surface area contributed by atoms with Crippen LogP contribution in [0.25, 0.3) is 0 Å². The summed E-state index contributed by atoms with van der Waals surface area (Å²) >= 11 is 6.36. The average Bonchev–Trinajstić information content (AvgIpc) is 3.63. The van der Waals surface area contributed by atoms with Crippen LogP contribution in [0.3, 0.4) is 0 Å². The Kier molecular flexibility index (Phi) is 8.61. The van der Waals surface area contributed by atoms with E-state index < -0.39 is 35.7 Å². The molecule has 2 amide bonds. The minimum absolute atomic E-state index is 0.0496. The average molecular weight is 529 g/mol. The first-order valence-corrected chi connectivity index (χ1v) is 11.9. The van der Waals surface area contributed by atoms with Gasteiger partial charge in [0.05, 0.1) is 11.6 Å². The van der Waals surface area contributed by atoms with E-state index in [4.69, 9.17) is 11.6 Å². The first-order chi connectivity index (χ1) is 16.9. The van der Waals surface area contributed by atoms with Gasteiger partial charge < -0.3 is 15.5 Å². The van der Waals surface area contributed by atoms with E-state index in [2.05, 4.69) is 15.6 Å². The molecule has 196 valence electrons. The number of likely N-dealkylation sites (N-methyl/N-ethyl adjacent to an activating group) is 1. The van der Waals surface area contributed by atoms with Gasteiger partial charge in [-0.2, -0.15) is 13.2 Å². The van der Waals surface area contributed by atoms with Gasteiger partial charge in [0.15, 0.2) is 0 Å². The molecule has 1 aliphatic carbocycles. The SMILES string of the molecule is CNC(=O)c1ccc(C[C@@H](CNC(=O)CC(c2ccc(F)cn2)C2(C(F)(F)F)CC2)N(C)C)c(Cl)c1. The van der Waals surface area contributed by atoms with Gasteiger partial charge in [0.1, 0.15) is 5.82 Å². The standard InChI is InChI=1S/C25H29ClF4N4O2/c1-31-23(36)16-5-4-15(20(26)11-16)10-18(34(2)3)14-33-22(35)12-19(21-7-6-17(27)13-32-21)24(8-9-24)25(28,29)30/h4-7,11,13,18-19H,8-10,12,14H2,1-3H3,(H,31,36)(H,33,35)/t18-,19?/m0/s1. The number of aromatic nitrogens is 1. The Morgan fingerprint density at radius 1 is 1.19 bits per heavy atom. The topological polar surface area (TPSA) is 74.3 Å². The van der Waals surface area contributed by atoms with Gasteiger partial charge in [0.25, 0.3) is 5.91 Å². The number of carbonyl (C=O) groups excluding carboxylic acids is 2. The van der Waals surface area contributed by atoms with Crippen LogP contribution in [0.1, 0.15) is 46.8 Å². The molecule has 1 aromatic heterocycles. The van der Waals surface area contributed by atoms with E-state index in [0.29, 0.717) is 17.0 Å². The normalized spacial score (nSPS) is 16.4. The third-order valence-corrected chi connectivity index (χ3v) is 7.13. The lowest BCUT2D eigenvalue weighted by Gasteiger charge is -2.29. The van der Waals surface area contributed by atoms with Gasteiger partial charge in [-0.15, -0.1) is 0 Å². The molecule has 0 saturated heterocycles. The van der Waals surface area contributed by atoms with Gasteiger partial charge in [-0.05, 0) is 63.2 Å². The van der Waals surface area contributed by atoms with Crippen molar-refractivity contribution in [2.75, 3.05) is 27.7 Å². The summed E-state index contributed by atoms with van der Waals surface area (Å²) in [6.07, 6.45) is -3.81. The summed E-state index contributed by atoms with van der Waals surface area (Å²) in [6, 6.07) is 7.01. The molecule has 0 spiro atoms. The van der Waals surface area contributed by atoms with Gasteiger partial charge in [0, 0.05) is 48.3 Å². The van der Waals surface area contributed by atoms with Crippen LogP contribution in [-0.2, 0) is 11.2 Å². The number of rotatable bonds is 10. The van der Waals surface area contributed by atoms with E-state index in [9.17, 15) is 27.2 Å². The molecule has 3 rings (SSSR count). The lowest BCUT2D eigenvalue weighted by atomic mass is 9.82. The minimum Gasteiger partial charge on any atom is -0.355 e. The van der Waals surface area contributed by atoms with Gasteiger partial charge in [-0.3, -0.25) is 14.6 Å². The van der Waals surface area contributed by atoms with E-state index >= 15 is 0 Å². The van der Waals surface area contributed by atoms with Crippen molar-refractivity contribution in [1.82, 2.24) is 20.5 Å². The Morgan fingerprint density at radius 3 is 2.39 bits per heavy atom. The molecule has 0 radical (unpaired) electrons. The number of alkyl halides is 3. The largest absolute Gasteiger partial charge is 0.395 e. The number of halogens is 5. The lowest BCUT2D eigenvalue weighted by Crippen LogP contribution is -2.43. The molecule has 0 aliphatic heterocycles. The Labute approximate surface area is 212 Å². The molecule has 2 atom stereocenters. The molecule has 2 N–H and O–H groups in total. The summed E-state index contributed by atoms with van der Waals surface area (Å²) in [6.45, 7) is 0.169. The van der Waals surface area contributed by atoms with Crippen molar-refractivity contribution in [3.63, 3.8) is 0 Å². The first kappa shape index (κ1) is 27.9. The molecule has 1 unspecified atom stereocenters. The predicted octanol–water partition coefficient (Wildman–Crippen LogP) is 4.34. The summed E-state index contributed by atoms with van der Waals surface area (Å²) in [5, 5.41) is 5.68. The van der Waals surface area contributed by atoms with Crippen molar-refractivity contribution in [2.24, 2.45) is 5.41 Å². The lowest BCUT2D eigenvalue weighted by molar-refractivity contribution is -0.195. The zero-order valence-corrected chi connectivity index (χ0v) is 21.0. The fraction of sp³-hybridized carbons (Fsp3) is 0.480. The highest BCUT2D eigenvalue weighted by Gasteiger charge is 2.67. The number of pyridine rings is 1. The summed E-state index contributed by atoms with van der Waals surface area (Å²) < 4.78 is 55.0. The Morgan fingerprint density at radius 2 is 1.89 bits per heavy atom. The molecule has 1 heterocycles. The van der Waals surface area contributed by atoms with Gasteiger partial charge in [-0.25, -0.2) is 4.39 Å². The van der Waals surface area contributed by atoms with Crippen molar-refractivity contribution in [3.05, 3.63) is 64.2 Å². The first-order valence-electron chi connectivity index (χ1n) is 11.5. The highest BCUT2D eigenvalue weighted by atomic mass is 35.5. The third-order valence-electron chi connectivity index (χ3n) is 6.78. The maximum Gasteiger partial charge on any atom is 0.395 e. The molecular formula is C25H29ClF4N4O2. The van der Waals surface area contributed by atoms with Crippen molar-refractivity contribution in [1.29, 1.82) is 0 Å². The highest BCUT2D eigenvalue weighted by Crippen LogP contribution is 2.65. The second-order valence-corrected chi connectivity index (χ2v) is 9.73. The van der Waals surface area contributed by atoms with E-state index in [1.54, 1.807) is 18.2 Å². The highest BCUT2D eigenvalue weighted by molar-refractivity contribution is 6.31. The van der Waals surface area contributed by atoms with Gasteiger partial charge >= 0.3 is 6.18 Å². The van der Waals surface area contributed by atoms with Crippen LogP contribution in [0.2, 0.25) is 5.02 Å². The van der Waals surface area contributed by atoms with Crippen LogP contribution in [-0.4, -0.2) is 61.6 Å². The number of hydrogen-bond acceptors (Lipinski definition) is 4. The summed E-state index contributed by atoms with van der Waals surface area (Å²) in [5.41, 5.74) is -0.802. The molecule has 1 fully saturated rings. The molecule has 1 aliphatic rings. The van der Waals surface area contributed by atoms with Crippen molar-refractivity contribution < 1.29 is 27.2 Å². The van der Waals surface area contributed by atoms with E-state index in [-0.39, 0.29) is 37.0 Å². The van der Waals surface area contributed by atoms with Crippen LogP contribution in [0, 0.1) is 11.2 Å². The monoisotopic (exact) mass is 528 g/mol. The Bertz CT molecular complexity index is 1090. The molecule has 0 bridgehead atoms. The second-order valence-electron chi connectivity index (χ2n) is 9.32. The van der Waals surface area contributed by atoms with Gasteiger partial charge in [0.2, 0.25) is 5.91 Å². The molecule has 1 aromatic carbocycles. The Balaban J connectivity index is 1.70. The number of hydrogen-bond donors (Lipinski definition) is 2. The fourth-order valence-electron chi connectivity index (χ4n) is 4.32. The maximum atomic E-state index is 13.9. The molecule has 36 heavy (non-hydrogen) atoms. The maximum absolute atomic E-state index is 13.9. The molecule has 11 heteroatoms. The second kappa shape index (κ2) is 11.1. The number of nitrogens with zero attached hydrogens (tertiary/aromatic N) is 2. The zero-order chi connectivity index (χ0) is 26.7. The van der Waals surface area contributed by atoms with Crippen LogP contribution >= 0.6 is 11.6 Å². The smallest absolute Gasteiger partial charge is 0.355 e. The minimum atomic E-state index is -4.50. The third kappa shape index (κ3) is 6.34. The number of carbonyl (C=O) groups is 2. The Hall–Kier alpha value is -2.72. The van der Waals surface area contributed by atoms with Crippen LogP contribution < -0.4 is 10.6 Å². The van der Waals surface area contributed by atoms with E-state index in [1.165, 1.54) is 13.1 Å². The van der Waals surface area contributed by atoms with Crippen molar-refractivity contribution in [2.45, 2.75) is 43.8 Å². The van der Waals surface area contributed by atoms with Crippen LogP contribution in [0.5, 0.6) is 0 Å². The number of nitrogens with one attached hydrogen (secondary N) is 2. The van der Waals surface area contributed by atoms with Gasteiger partial charge in [-0.1, -0.05) is 17.7 Å². The van der Waals surface area contributed by atoms with Crippen molar-refractivity contribution in [3.8, 4) is 0 Å². The quantitative estimate of drug-likeness (QED) is 0.450. The number of benzene rings is 1. The molecular weight excluding hydrogens is 500 g/mol. The molecule has 6 nitrogen and oxygen atoms in total. The zero-order valence-electron chi connectivity index (χ0n) is 20.3. The van der Waals surface area contributed by atoms with E-state index in [1.807, 2.05) is 19.0 Å². The van der Waals surface area contributed by atoms with Crippen molar-refractivity contribution >= 4 is 23.4 Å². The summed E-state index contributed by atoms with van der Waals surface area (Å²) in [5.74, 6) is -2.68. The molecule has 1 saturated carbocycles. The predicted molar refractivity (Wildman–Crippen MR) is 128 cm³/mol. The van der Waals surface area contributed by atoms with Crippen LogP contribution in [0.4, 0.5) is 17.6 Å². The number of amides is 2. The van der Waals surface area contributed by atoms with Crippen LogP contribution in [0.15, 0.2) is 36.5 Å².